The fraction of sp³-hybridized carbons (Fsp3) is 0.214. The van der Waals surface area contributed by atoms with E-state index in [0.717, 1.165) is 28.0 Å². The van der Waals surface area contributed by atoms with Crippen molar-refractivity contribution < 1.29 is 13.9 Å². The van der Waals surface area contributed by atoms with Crippen LogP contribution in [0.15, 0.2) is 58.0 Å². The number of aryl methyl sites for hydroxylation is 2. The number of imidazole rings is 1. The molecule has 0 bridgehead atoms. The summed E-state index contributed by atoms with van der Waals surface area (Å²) in [4.78, 5) is 34.4. The number of anilines is 1. The van der Waals surface area contributed by atoms with Crippen molar-refractivity contribution in [3.63, 3.8) is 0 Å². The van der Waals surface area contributed by atoms with Gasteiger partial charge in [-0.15, -0.1) is 0 Å². The van der Waals surface area contributed by atoms with Crippen LogP contribution >= 0.6 is 11.6 Å². The molecule has 0 saturated heterocycles. The first-order valence-electron chi connectivity index (χ1n) is 11.7. The highest BCUT2D eigenvalue weighted by molar-refractivity contribution is 6.29. The molecule has 0 fully saturated rings. The molecule has 1 aromatic carbocycles. The summed E-state index contributed by atoms with van der Waals surface area (Å²) in [5, 5.41) is 3.98. The molecule has 9 heteroatoms. The Bertz CT molecular complexity index is 1760. The van der Waals surface area contributed by atoms with E-state index >= 15 is 0 Å². The monoisotopic (exact) mass is 516 g/mol. The molecule has 4 heterocycles. The third-order valence-electron chi connectivity index (χ3n) is 6.30. The molecule has 1 unspecified atom stereocenters. The van der Waals surface area contributed by atoms with Gasteiger partial charge in [-0.1, -0.05) is 17.7 Å². The normalized spacial score (nSPS) is 12.2. The van der Waals surface area contributed by atoms with Gasteiger partial charge in [0.25, 0.3) is 0 Å². The van der Waals surface area contributed by atoms with E-state index in [4.69, 9.17) is 20.8 Å². The highest BCUT2D eigenvalue weighted by Gasteiger charge is 2.22. The third-order valence-corrected chi connectivity index (χ3v) is 6.51. The Morgan fingerprint density at radius 1 is 1.11 bits per heavy atom. The molecule has 0 aliphatic heterocycles. The number of halogens is 1. The minimum absolute atomic E-state index is 0.0701. The van der Waals surface area contributed by atoms with E-state index in [2.05, 4.69) is 15.3 Å². The number of aromatic nitrogens is 3. The molecule has 4 aromatic heterocycles. The number of fused-ring (bicyclic) bond motifs is 2. The molecule has 37 heavy (non-hydrogen) atoms. The zero-order valence-corrected chi connectivity index (χ0v) is 21.8. The van der Waals surface area contributed by atoms with Crippen LogP contribution in [0.1, 0.15) is 45.8 Å². The Hall–Kier alpha value is -4.17. The summed E-state index contributed by atoms with van der Waals surface area (Å²) >= 11 is 6.01. The standard InChI is InChI=1S/C28H25ClN4O4/c1-14-10-19(17(4)31-21-7-8-22(29)32-24(21)28(35)36-5)27-20(11-14)25(34)16(3)26(37-27)18-6-9-23-30-15(2)12-33(23)13-18/h6-13,17,31H,1-5H3. The largest absolute Gasteiger partial charge is 0.464 e. The molecule has 1 N–H and O–H groups in total. The van der Waals surface area contributed by atoms with E-state index < -0.39 is 5.97 Å². The molecular weight excluding hydrogens is 492 g/mol. The molecule has 8 nitrogen and oxygen atoms in total. The number of esters is 1. The lowest BCUT2D eigenvalue weighted by atomic mass is 9.99. The maximum atomic E-state index is 13.5. The van der Waals surface area contributed by atoms with Gasteiger partial charge in [0.2, 0.25) is 0 Å². The lowest BCUT2D eigenvalue weighted by Gasteiger charge is -2.20. The molecular formula is C28H25ClN4O4. The minimum atomic E-state index is -0.610. The van der Waals surface area contributed by atoms with Gasteiger partial charge in [0.1, 0.15) is 22.1 Å². The quantitative estimate of drug-likeness (QED) is 0.224. The fourth-order valence-corrected chi connectivity index (χ4v) is 4.68. The first-order chi connectivity index (χ1) is 17.7. The Labute approximate surface area is 217 Å². The number of benzene rings is 1. The van der Waals surface area contributed by atoms with E-state index in [9.17, 15) is 9.59 Å². The van der Waals surface area contributed by atoms with Crippen LogP contribution in [0.25, 0.3) is 27.9 Å². The fourth-order valence-electron chi connectivity index (χ4n) is 4.53. The van der Waals surface area contributed by atoms with E-state index in [0.29, 0.717) is 28.0 Å². The van der Waals surface area contributed by atoms with Crippen molar-refractivity contribution in [2.75, 3.05) is 12.4 Å². The van der Waals surface area contributed by atoms with Crippen molar-refractivity contribution in [2.45, 2.75) is 33.7 Å². The summed E-state index contributed by atoms with van der Waals surface area (Å²) in [6, 6.07) is 10.5. The van der Waals surface area contributed by atoms with Gasteiger partial charge in [0, 0.05) is 29.1 Å². The molecule has 0 spiro atoms. The van der Waals surface area contributed by atoms with Gasteiger partial charge >= 0.3 is 5.97 Å². The number of methoxy groups -OCH3 is 1. The van der Waals surface area contributed by atoms with Crippen LogP contribution in [0.3, 0.4) is 0 Å². The van der Waals surface area contributed by atoms with Crippen LogP contribution in [0.2, 0.25) is 5.15 Å². The van der Waals surface area contributed by atoms with Crippen LogP contribution in [0.5, 0.6) is 0 Å². The van der Waals surface area contributed by atoms with Crippen LogP contribution in [-0.2, 0) is 4.74 Å². The van der Waals surface area contributed by atoms with Gasteiger partial charge in [-0.2, -0.15) is 0 Å². The zero-order valence-electron chi connectivity index (χ0n) is 21.0. The predicted molar refractivity (Wildman–Crippen MR) is 144 cm³/mol. The SMILES string of the molecule is COC(=O)c1nc(Cl)ccc1NC(C)c1cc(C)cc2c(=O)c(C)c(-c3ccc4nc(C)cn4c3)oc12. The summed E-state index contributed by atoms with van der Waals surface area (Å²) in [5.41, 5.74) is 5.57. The number of nitrogens with one attached hydrogen (secondary N) is 1. The van der Waals surface area contributed by atoms with Gasteiger partial charge in [-0.3, -0.25) is 4.79 Å². The van der Waals surface area contributed by atoms with Gasteiger partial charge in [0.05, 0.1) is 29.9 Å². The molecule has 1 atom stereocenters. The number of hydrogen-bond donors (Lipinski definition) is 1. The van der Waals surface area contributed by atoms with Gasteiger partial charge in [0.15, 0.2) is 11.1 Å². The van der Waals surface area contributed by atoms with Crippen molar-refractivity contribution >= 4 is 39.9 Å². The smallest absolute Gasteiger partial charge is 0.358 e. The number of carbonyl (C=O) groups is 1. The lowest BCUT2D eigenvalue weighted by Crippen LogP contribution is -2.15. The first-order valence-corrected chi connectivity index (χ1v) is 12.1. The van der Waals surface area contributed by atoms with Gasteiger partial charge in [-0.25, -0.2) is 14.8 Å². The maximum absolute atomic E-state index is 13.5. The van der Waals surface area contributed by atoms with Crippen molar-refractivity contribution in [1.82, 2.24) is 14.4 Å². The number of ether oxygens (including phenoxy) is 1. The van der Waals surface area contributed by atoms with Crippen LogP contribution < -0.4 is 10.7 Å². The lowest BCUT2D eigenvalue weighted by molar-refractivity contribution is 0.0595. The van der Waals surface area contributed by atoms with Gasteiger partial charge in [-0.05, 0) is 63.6 Å². The van der Waals surface area contributed by atoms with Crippen molar-refractivity contribution in [3.8, 4) is 11.3 Å². The van der Waals surface area contributed by atoms with Crippen molar-refractivity contribution in [1.29, 1.82) is 0 Å². The summed E-state index contributed by atoms with van der Waals surface area (Å²) in [5.74, 6) is -0.118. The van der Waals surface area contributed by atoms with Crippen molar-refractivity contribution in [3.05, 3.63) is 92.2 Å². The molecule has 0 radical (unpaired) electrons. The summed E-state index contributed by atoms with van der Waals surface area (Å²) in [6.07, 6.45) is 3.83. The average molecular weight is 517 g/mol. The van der Waals surface area contributed by atoms with Crippen LogP contribution in [0, 0.1) is 20.8 Å². The minimum Gasteiger partial charge on any atom is -0.464 e. The molecule has 5 aromatic rings. The third kappa shape index (κ3) is 4.44. The molecule has 0 saturated carbocycles. The highest BCUT2D eigenvalue weighted by atomic mass is 35.5. The zero-order chi connectivity index (χ0) is 26.4. The second-order valence-corrected chi connectivity index (χ2v) is 9.46. The van der Waals surface area contributed by atoms with Crippen LogP contribution in [0.4, 0.5) is 5.69 Å². The number of hydrogen-bond acceptors (Lipinski definition) is 7. The maximum Gasteiger partial charge on any atom is 0.358 e. The Balaban J connectivity index is 1.66. The van der Waals surface area contributed by atoms with E-state index in [1.807, 2.05) is 61.8 Å². The van der Waals surface area contributed by atoms with E-state index in [-0.39, 0.29) is 22.3 Å². The molecule has 5 rings (SSSR count). The van der Waals surface area contributed by atoms with Gasteiger partial charge < -0.3 is 18.9 Å². The highest BCUT2D eigenvalue weighted by Crippen LogP contribution is 2.33. The number of pyridine rings is 2. The topological polar surface area (TPSA) is 98.7 Å². The molecule has 0 aliphatic carbocycles. The molecule has 0 aliphatic rings. The number of rotatable bonds is 5. The first kappa shape index (κ1) is 24.5. The Morgan fingerprint density at radius 2 is 1.89 bits per heavy atom. The molecule has 0 amide bonds. The second-order valence-electron chi connectivity index (χ2n) is 9.07. The molecule has 188 valence electrons. The summed E-state index contributed by atoms with van der Waals surface area (Å²) in [6.45, 7) is 7.55. The van der Waals surface area contributed by atoms with E-state index in [1.165, 1.54) is 7.11 Å². The number of carbonyl (C=O) groups excluding carboxylic acids is 1. The number of nitrogens with zero attached hydrogens (tertiary/aromatic N) is 3. The van der Waals surface area contributed by atoms with Crippen LogP contribution in [-0.4, -0.2) is 27.4 Å². The average Bonchev–Trinajstić information content (AvgIpc) is 3.25. The predicted octanol–water partition coefficient (Wildman–Crippen LogP) is 6.04. The Morgan fingerprint density at radius 3 is 2.65 bits per heavy atom. The van der Waals surface area contributed by atoms with E-state index in [1.54, 1.807) is 19.1 Å². The van der Waals surface area contributed by atoms with Crippen molar-refractivity contribution in [2.24, 2.45) is 0 Å². The Kier molecular flexibility index (Phi) is 6.21. The summed E-state index contributed by atoms with van der Waals surface area (Å²) < 4.78 is 13.3. The summed E-state index contributed by atoms with van der Waals surface area (Å²) in [7, 11) is 1.28. The second kappa shape index (κ2) is 9.37.